The van der Waals surface area contributed by atoms with E-state index in [-0.39, 0.29) is 5.91 Å². The maximum atomic E-state index is 13.4. The summed E-state index contributed by atoms with van der Waals surface area (Å²) in [6.45, 7) is 2.25. The Morgan fingerprint density at radius 2 is 1.71 bits per heavy atom. The zero-order valence-corrected chi connectivity index (χ0v) is 19.3. The van der Waals surface area contributed by atoms with E-state index in [0.29, 0.717) is 43.3 Å². The Hall–Kier alpha value is -4.64. The van der Waals surface area contributed by atoms with Crippen molar-refractivity contribution in [3.8, 4) is 28.8 Å². The van der Waals surface area contributed by atoms with E-state index in [4.69, 9.17) is 9.84 Å². The molecule has 0 saturated carbocycles. The molecule has 5 rings (SSSR count). The summed E-state index contributed by atoms with van der Waals surface area (Å²) in [5, 5.41) is 14.1. The number of ether oxygens (including phenoxy) is 1. The summed E-state index contributed by atoms with van der Waals surface area (Å²) < 4.78 is 7.09. The summed E-state index contributed by atoms with van der Waals surface area (Å²) in [6.07, 6.45) is 1.69. The molecule has 0 N–H and O–H groups in total. The van der Waals surface area contributed by atoms with Crippen molar-refractivity contribution in [2.24, 2.45) is 0 Å². The van der Waals surface area contributed by atoms with Crippen molar-refractivity contribution >= 4 is 11.7 Å². The lowest BCUT2D eigenvalue weighted by atomic mass is 10.1. The Balaban J connectivity index is 1.40. The molecular weight excluding hydrogens is 440 g/mol. The monoisotopic (exact) mass is 464 g/mol. The van der Waals surface area contributed by atoms with Crippen LogP contribution in [0.1, 0.15) is 16.1 Å². The molecule has 1 aliphatic heterocycles. The molecule has 4 aromatic rings. The lowest BCUT2D eigenvalue weighted by molar-refractivity contribution is 0.0740. The Morgan fingerprint density at radius 1 is 0.971 bits per heavy atom. The van der Waals surface area contributed by atoms with Gasteiger partial charge in [0, 0.05) is 37.9 Å². The van der Waals surface area contributed by atoms with Gasteiger partial charge in [0.25, 0.3) is 5.91 Å². The lowest BCUT2D eigenvalue weighted by Gasteiger charge is -2.35. The molecule has 1 saturated heterocycles. The molecule has 174 valence electrons. The molecule has 8 nitrogen and oxygen atoms in total. The summed E-state index contributed by atoms with van der Waals surface area (Å²) in [5.41, 5.74) is 3.57. The van der Waals surface area contributed by atoms with Crippen molar-refractivity contribution in [3.63, 3.8) is 0 Å². The predicted octanol–water partition coefficient (Wildman–Crippen LogP) is 3.78. The minimum atomic E-state index is -0.115. The molecule has 0 spiro atoms. The van der Waals surface area contributed by atoms with Gasteiger partial charge in [-0.25, -0.2) is 9.67 Å². The van der Waals surface area contributed by atoms with Crippen LogP contribution in [0.2, 0.25) is 0 Å². The number of piperazine rings is 1. The van der Waals surface area contributed by atoms with E-state index in [1.807, 2.05) is 65.6 Å². The number of nitrogens with zero attached hydrogens (tertiary/aromatic N) is 6. The van der Waals surface area contributed by atoms with Crippen LogP contribution in [-0.2, 0) is 0 Å². The third-order valence-corrected chi connectivity index (χ3v) is 6.09. The molecule has 1 fully saturated rings. The Bertz CT molecular complexity index is 1370. The number of anilines is 1. The number of amides is 1. The summed E-state index contributed by atoms with van der Waals surface area (Å²) in [6, 6.07) is 25.0. The maximum Gasteiger partial charge on any atom is 0.274 e. The van der Waals surface area contributed by atoms with Crippen molar-refractivity contribution in [1.29, 1.82) is 5.26 Å². The molecule has 0 atom stereocenters. The lowest BCUT2D eigenvalue weighted by Crippen LogP contribution is -2.49. The van der Waals surface area contributed by atoms with Crippen molar-refractivity contribution < 1.29 is 9.53 Å². The Morgan fingerprint density at radius 3 is 2.40 bits per heavy atom. The fourth-order valence-electron chi connectivity index (χ4n) is 4.24. The van der Waals surface area contributed by atoms with Crippen LogP contribution >= 0.6 is 0 Å². The van der Waals surface area contributed by atoms with Gasteiger partial charge in [-0.2, -0.15) is 10.4 Å². The first-order valence-corrected chi connectivity index (χ1v) is 11.4. The summed E-state index contributed by atoms with van der Waals surface area (Å²) in [4.78, 5) is 21.7. The second kappa shape index (κ2) is 9.69. The number of hydrogen-bond donors (Lipinski definition) is 0. The van der Waals surface area contributed by atoms with Crippen LogP contribution < -0.4 is 9.64 Å². The number of carbonyl (C=O) groups excluding carboxylic acids is 1. The number of para-hydroxylation sites is 1. The number of rotatable bonds is 5. The van der Waals surface area contributed by atoms with Crippen molar-refractivity contribution in [1.82, 2.24) is 19.7 Å². The van der Waals surface area contributed by atoms with E-state index in [1.165, 1.54) is 0 Å². The zero-order chi connectivity index (χ0) is 24.2. The van der Waals surface area contributed by atoms with Gasteiger partial charge in [0.05, 0.1) is 24.1 Å². The molecular formula is C27H24N6O2. The topological polar surface area (TPSA) is 87.3 Å². The molecule has 0 bridgehead atoms. The van der Waals surface area contributed by atoms with E-state index >= 15 is 0 Å². The molecule has 35 heavy (non-hydrogen) atoms. The van der Waals surface area contributed by atoms with Crippen molar-refractivity contribution in [2.45, 2.75) is 0 Å². The normalized spacial score (nSPS) is 13.4. The first-order valence-electron chi connectivity index (χ1n) is 11.4. The number of methoxy groups -OCH3 is 1. The standard InChI is InChI=1S/C27H24N6O2/c1-35-23-11-9-20(10-12-23)25-18-24(30-33(25)22-7-3-2-4-8-22)27(34)32-16-14-31(15-17-32)26-21(19-28)6-5-13-29-26/h2-13,18H,14-17H2,1H3. The van der Waals surface area contributed by atoms with Crippen LogP contribution in [0.4, 0.5) is 5.82 Å². The number of hydrogen-bond acceptors (Lipinski definition) is 6. The highest BCUT2D eigenvalue weighted by Gasteiger charge is 2.26. The molecule has 3 heterocycles. The molecule has 1 amide bonds. The van der Waals surface area contributed by atoms with Crippen LogP contribution in [0.25, 0.3) is 16.9 Å². The predicted molar refractivity (Wildman–Crippen MR) is 133 cm³/mol. The molecule has 0 aliphatic carbocycles. The van der Waals surface area contributed by atoms with E-state index < -0.39 is 0 Å². The van der Waals surface area contributed by atoms with Crippen LogP contribution in [0.3, 0.4) is 0 Å². The fraction of sp³-hybridized carbons (Fsp3) is 0.185. The smallest absolute Gasteiger partial charge is 0.274 e. The van der Waals surface area contributed by atoms with Gasteiger partial charge in [0.15, 0.2) is 5.69 Å². The second-order valence-corrected chi connectivity index (χ2v) is 8.16. The number of nitriles is 1. The molecule has 2 aromatic carbocycles. The molecule has 0 unspecified atom stereocenters. The molecule has 0 radical (unpaired) electrons. The first-order chi connectivity index (χ1) is 17.2. The van der Waals surface area contributed by atoms with Crippen molar-refractivity contribution in [2.75, 3.05) is 38.2 Å². The van der Waals surface area contributed by atoms with Gasteiger partial charge in [0.1, 0.15) is 17.6 Å². The highest BCUT2D eigenvalue weighted by molar-refractivity contribution is 5.94. The Labute approximate surface area is 203 Å². The van der Waals surface area contributed by atoms with Crippen molar-refractivity contribution in [3.05, 3.63) is 90.3 Å². The fourth-order valence-corrected chi connectivity index (χ4v) is 4.24. The highest BCUT2D eigenvalue weighted by Crippen LogP contribution is 2.27. The SMILES string of the molecule is COc1ccc(-c2cc(C(=O)N3CCN(c4ncccc4C#N)CC3)nn2-c2ccccc2)cc1. The zero-order valence-electron chi connectivity index (χ0n) is 19.3. The largest absolute Gasteiger partial charge is 0.497 e. The quantitative estimate of drug-likeness (QED) is 0.447. The van der Waals surface area contributed by atoms with Gasteiger partial charge < -0.3 is 14.5 Å². The third kappa shape index (κ3) is 4.44. The van der Waals surface area contributed by atoms with Crippen LogP contribution in [-0.4, -0.2) is 58.9 Å². The van der Waals surface area contributed by atoms with Gasteiger partial charge >= 0.3 is 0 Å². The first kappa shape index (κ1) is 22.2. The van der Waals surface area contributed by atoms with Gasteiger partial charge in [-0.05, 0) is 54.6 Å². The highest BCUT2D eigenvalue weighted by atomic mass is 16.5. The number of benzene rings is 2. The van der Waals surface area contributed by atoms with E-state index in [9.17, 15) is 10.1 Å². The van der Waals surface area contributed by atoms with E-state index in [1.54, 1.807) is 35.0 Å². The van der Waals surface area contributed by atoms with Crippen LogP contribution in [0.15, 0.2) is 79.0 Å². The number of pyridine rings is 1. The van der Waals surface area contributed by atoms with Crippen LogP contribution in [0, 0.1) is 11.3 Å². The minimum absolute atomic E-state index is 0.115. The second-order valence-electron chi connectivity index (χ2n) is 8.16. The molecule has 8 heteroatoms. The summed E-state index contributed by atoms with van der Waals surface area (Å²) in [7, 11) is 1.63. The summed E-state index contributed by atoms with van der Waals surface area (Å²) in [5.74, 6) is 1.31. The number of aromatic nitrogens is 3. The van der Waals surface area contributed by atoms with Gasteiger partial charge in [0.2, 0.25) is 0 Å². The number of carbonyl (C=O) groups is 1. The maximum absolute atomic E-state index is 13.4. The van der Waals surface area contributed by atoms with Gasteiger partial charge in [-0.3, -0.25) is 4.79 Å². The minimum Gasteiger partial charge on any atom is -0.497 e. The van der Waals surface area contributed by atoms with Gasteiger partial charge in [-0.15, -0.1) is 0 Å². The average molecular weight is 465 g/mol. The molecule has 2 aromatic heterocycles. The van der Waals surface area contributed by atoms with Crippen LogP contribution in [0.5, 0.6) is 5.75 Å². The summed E-state index contributed by atoms with van der Waals surface area (Å²) >= 11 is 0. The van der Waals surface area contributed by atoms with E-state index in [2.05, 4.69) is 11.1 Å². The molecule has 1 aliphatic rings. The van der Waals surface area contributed by atoms with Gasteiger partial charge in [-0.1, -0.05) is 18.2 Å². The Kier molecular flexibility index (Phi) is 6.14. The average Bonchev–Trinajstić information content (AvgIpc) is 3.39. The third-order valence-electron chi connectivity index (χ3n) is 6.09. The van der Waals surface area contributed by atoms with E-state index in [0.717, 1.165) is 22.7 Å².